The lowest BCUT2D eigenvalue weighted by molar-refractivity contribution is -0.889. The third-order valence-corrected chi connectivity index (χ3v) is 6.15. The van der Waals surface area contributed by atoms with E-state index in [1.54, 1.807) is 16.4 Å². The summed E-state index contributed by atoms with van der Waals surface area (Å²) < 4.78 is 27.2. The highest BCUT2D eigenvalue weighted by molar-refractivity contribution is 7.89. The first-order valence-electron chi connectivity index (χ1n) is 8.79. The number of nitrogens with zero attached hydrogens (tertiary/aromatic N) is 1. The molecule has 1 aliphatic rings. The molecule has 6 nitrogen and oxygen atoms in total. The Kier molecular flexibility index (Phi) is 6.24. The molecule has 1 unspecified atom stereocenters. The van der Waals surface area contributed by atoms with Gasteiger partial charge in [-0.3, -0.25) is 4.79 Å². The van der Waals surface area contributed by atoms with Crippen LogP contribution in [0.4, 0.5) is 0 Å². The van der Waals surface area contributed by atoms with Crippen LogP contribution in [0.5, 0.6) is 0 Å². The Hall–Kier alpha value is -1.44. The Morgan fingerprint density at radius 1 is 1.16 bits per heavy atom. The van der Waals surface area contributed by atoms with Gasteiger partial charge in [0.05, 0.1) is 24.5 Å². The second-order valence-corrected chi connectivity index (χ2v) is 9.73. The average molecular weight is 369 g/mol. The van der Waals surface area contributed by atoms with Crippen LogP contribution >= 0.6 is 0 Å². The zero-order valence-electron chi connectivity index (χ0n) is 15.6. The van der Waals surface area contributed by atoms with Crippen molar-refractivity contribution in [2.75, 3.05) is 32.7 Å². The van der Waals surface area contributed by atoms with Crippen molar-refractivity contribution in [1.29, 1.82) is 0 Å². The number of carbonyl (C=O) groups is 1. The minimum absolute atomic E-state index is 0.0114. The fourth-order valence-corrected chi connectivity index (χ4v) is 4.47. The number of nitrogens with one attached hydrogen (secondary N) is 2. The summed E-state index contributed by atoms with van der Waals surface area (Å²) in [4.78, 5) is 13.6. The third kappa shape index (κ3) is 5.80. The van der Waals surface area contributed by atoms with Crippen molar-refractivity contribution in [3.63, 3.8) is 0 Å². The number of benzene rings is 1. The molecule has 1 aromatic rings. The molecule has 1 aliphatic heterocycles. The molecule has 0 aromatic heterocycles. The predicted octanol–water partition coefficient (Wildman–Crippen LogP) is 0.189. The van der Waals surface area contributed by atoms with Crippen molar-refractivity contribution in [3.8, 4) is 0 Å². The summed E-state index contributed by atoms with van der Waals surface area (Å²) in [6, 6.07) is 6.96. The van der Waals surface area contributed by atoms with Gasteiger partial charge >= 0.3 is 0 Å². The number of hydrogen-bond donors (Lipinski definition) is 2. The largest absolute Gasteiger partial charge is 0.347 e. The summed E-state index contributed by atoms with van der Waals surface area (Å²) in [6.07, 6.45) is 0.753. The van der Waals surface area contributed by atoms with Crippen molar-refractivity contribution in [1.82, 2.24) is 9.62 Å². The fourth-order valence-electron chi connectivity index (χ4n) is 2.99. The number of sulfonamides is 1. The van der Waals surface area contributed by atoms with E-state index in [-0.39, 0.29) is 11.4 Å². The van der Waals surface area contributed by atoms with Gasteiger partial charge < -0.3 is 10.2 Å². The summed E-state index contributed by atoms with van der Waals surface area (Å²) >= 11 is 0. The van der Waals surface area contributed by atoms with E-state index in [4.69, 9.17) is 0 Å². The molecule has 0 radical (unpaired) electrons. The lowest BCUT2D eigenvalue weighted by Crippen LogP contribution is -3.13. The highest BCUT2D eigenvalue weighted by Crippen LogP contribution is 2.16. The van der Waals surface area contributed by atoms with Gasteiger partial charge in [-0.1, -0.05) is 17.7 Å². The molecule has 0 aliphatic carbocycles. The molecule has 0 saturated carbocycles. The van der Waals surface area contributed by atoms with Gasteiger partial charge in [0.1, 0.15) is 0 Å². The highest BCUT2D eigenvalue weighted by Gasteiger charge is 2.29. The first-order chi connectivity index (χ1) is 11.6. The van der Waals surface area contributed by atoms with Crippen LogP contribution in [0.15, 0.2) is 29.2 Å². The van der Waals surface area contributed by atoms with Crippen LogP contribution in [-0.2, 0) is 14.8 Å². The van der Waals surface area contributed by atoms with E-state index < -0.39 is 10.0 Å². The molecule has 1 heterocycles. The number of aryl methyl sites for hydroxylation is 1. The molecule has 7 heteroatoms. The predicted molar refractivity (Wildman–Crippen MR) is 98.0 cm³/mol. The molecular weight excluding hydrogens is 338 g/mol. The molecule has 25 heavy (non-hydrogen) atoms. The van der Waals surface area contributed by atoms with E-state index in [0.29, 0.717) is 31.1 Å². The van der Waals surface area contributed by atoms with Crippen LogP contribution in [0.25, 0.3) is 0 Å². The van der Waals surface area contributed by atoms with Gasteiger partial charge in [-0.2, -0.15) is 4.31 Å². The van der Waals surface area contributed by atoms with Gasteiger partial charge in [0.2, 0.25) is 10.0 Å². The molecule has 1 aromatic carbocycles. The molecule has 1 fully saturated rings. The molecule has 140 valence electrons. The number of hydrogen-bond acceptors (Lipinski definition) is 3. The van der Waals surface area contributed by atoms with Crippen LogP contribution < -0.4 is 10.2 Å². The number of rotatable bonds is 4. The van der Waals surface area contributed by atoms with Crippen molar-refractivity contribution >= 4 is 15.9 Å². The molecule has 0 bridgehead atoms. The van der Waals surface area contributed by atoms with Gasteiger partial charge in [-0.25, -0.2) is 8.42 Å². The second-order valence-electron chi connectivity index (χ2n) is 7.80. The lowest BCUT2D eigenvalue weighted by atomic mass is 10.1. The van der Waals surface area contributed by atoms with Crippen LogP contribution in [-0.4, -0.2) is 56.9 Å². The maximum absolute atomic E-state index is 12.8. The van der Waals surface area contributed by atoms with Gasteiger partial charge in [-0.15, -0.1) is 0 Å². The Morgan fingerprint density at radius 2 is 1.80 bits per heavy atom. The monoisotopic (exact) mass is 368 g/mol. The van der Waals surface area contributed by atoms with Crippen LogP contribution in [0.1, 0.15) is 32.8 Å². The molecule has 1 amide bonds. The minimum atomic E-state index is -3.46. The van der Waals surface area contributed by atoms with Crippen LogP contribution in [0, 0.1) is 6.92 Å². The molecular formula is C18H30N3O3S+. The summed E-state index contributed by atoms with van der Waals surface area (Å²) in [5.74, 6) is 0.0114. The van der Waals surface area contributed by atoms with Gasteiger partial charge in [0.15, 0.2) is 6.54 Å². The van der Waals surface area contributed by atoms with Crippen LogP contribution in [0.3, 0.4) is 0 Å². The topological polar surface area (TPSA) is 70.9 Å². The smallest absolute Gasteiger partial charge is 0.275 e. The van der Waals surface area contributed by atoms with E-state index in [2.05, 4.69) is 5.32 Å². The second kappa shape index (κ2) is 7.85. The van der Waals surface area contributed by atoms with Crippen molar-refractivity contribution in [3.05, 3.63) is 29.8 Å². The Balaban J connectivity index is 1.99. The van der Waals surface area contributed by atoms with Crippen molar-refractivity contribution in [2.24, 2.45) is 0 Å². The number of amides is 1. The summed E-state index contributed by atoms with van der Waals surface area (Å²) in [5.41, 5.74) is 0.790. The van der Waals surface area contributed by atoms with Crippen molar-refractivity contribution < 1.29 is 18.1 Å². The van der Waals surface area contributed by atoms with E-state index in [1.165, 1.54) is 0 Å². The van der Waals surface area contributed by atoms with E-state index in [9.17, 15) is 13.2 Å². The first-order valence-corrected chi connectivity index (χ1v) is 10.2. The summed E-state index contributed by atoms with van der Waals surface area (Å²) in [7, 11) is -3.46. The zero-order valence-corrected chi connectivity index (χ0v) is 16.4. The van der Waals surface area contributed by atoms with Crippen molar-refractivity contribution in [2.45, 2.75) is 44.6 Å². The standard InChI is InChI=1S/C18H29N3O3S/c1-15-6-8-16(9-7-15)25(23,24)21-11-5-10-20(12-13-21)14-17(22)19-18(2,3)4/h6-9H,5,10-14H2,1-4H3,(H,19,22)/p+1. The number of quaternary nitrogens is 1. The fraction of sp³-hybridized carbons (Fsp3) is 0.611. The summed E-state index contributed by atoms with van der Waals surface area (Å²) in [6.45, 7) is 10.6. The molecule has 2 rings (SSSR count). The van der Waals surface area contributed by atoms with Gasteiger partial charge in [-0.05, 0) is 39.8 Å². The Bertz CT molecular complexity index is 693. The van der Waals surface area contributed by atoms with Gasteiger partial charge in [0, 0.05) is 18.5 Å². The Morgan fingerprint density at radius 3 is 2.40 bits per heavy atom. The maximum atomic E-state index is 12.8. The van der Waals surface area contributed by atoms with E-state index in [0.717, 1.165) is 23.4 Å². The summed E-state index contributed by atoms with van der Waals surface area (Å²) in [5, 5.41) is 2.97. The molecule has 2 N–H and O–H groups in total. The minimum Gasteiger partial charge on any atom is -0.347 e. The average Bonchev–Trinajstić information content (AvgIpc) is 2.71. The van der Waals surface area contributed by atoms with E-state index >= 15 is 0 Å². The van der Waals surface area contributed by atoms with E-state index in [1.807, 2.05) is 39.8 Å². The molecule has 1 saturated heterocycles. The van der Waals surface area contributed by atoms with Crippen LogP contribution in [0.2, 0.25) is 0 Å². The molecule has 0 spiro atoms. The molecule has 1 atom stereocenters. The maximum Gasteiger partial charge on any atom is 0.275 e. The lowest BCUT2D eigenvalue weighted by Gasteiger charge is -2.23. The first kappa shape index (κ1) is 19.9. The quantitative estimate of drug-likeness (QED) is 0.797. The van der Waals surface area contributed by atoms with Gasteiger partial charge in [0.25, 0.3) is 5.91 Å². The SMILES string of the molecule is Cc1ccc(S(=O)(=O)N2CCC[NH+](CC(=O)NC(C)(C)C)CC2)cc1. The Labute approximate surface area is 151 Å². The number of carbonyl (C=O) groups excluding carboxylic acids is 1. The third-order valence-electron chi connectivity index (χ3n) is 4.24. The normalized spacial score (nSPS) is 20.1. The zero-order chi connectivity index (χ0) is 18.7. The highest BCUT2D eigenvalue weighted by atomic mass is 32.2.